The van der Waals surface area contributed by atoms with Gasteiger partial charge in [-0.05, 0) is 53.2 Å². The van der Waals surface area contributed by atoms with Crippen molar-refractivity contribution in [1.29, 1.82) is 0 Å². The fraction of sp³-hybridized carbons (Fsp3) is 0.583. The molecular formula is C12H17BrN2. The van der Waals surface area contributed by atoms with Gasteiger partial charge in [-0.1, -0.05) is 12.8 Å². The second-order valence-corrected chi connectivity index (χ2v) is 5.19. The lowest BCUT2D eigenvalue weighted by Gasteiger charge is -2.06. The van der Waals surface area contributed by atoms with E-state index in [-0.39, 0.29) is 0 Å². The fourth-order valence-corrected chi connectivity index (χ4v) is 1.87. The Bertz CT molecular complexity index is 334. The van der Waals surface area contributed by atoms with Gasteiger partial charge in [-0.3, -0.25) is 0 Å². The monoisotopic (exact) mass is 268 g/mol. The van der Waals surface area contributed by atoms with Gasteiger partial charge in [-0.25, -0.2) is 4.98 Å². The van der Waals surface area contributed by atoms with E-state index in [0.717, 1.165) is 22.8 Å². The van der Waals surface area contributed by atoms with Crippen molar-refractivity contribution < 1.29 is 0 Å². The van der Waals surface area contributed by atoms with E-state index in [9.17, 15) is 0 Å². The maximum atomic E-state index is 4.31. The van der Waals surface area contributed by atoms with Gasteiger partial charge in [0.25, 0.3) is 0 Å². The Morgan fingerprint density at radius 1 is 1.53 bits per heavy atom. The lowest BCUT2D eigenvalue weighted by Crippen LogP contribution is -2.03. The van der Waals surface area contributed by atoms with Gasteiger partial charge in [-0.2, -0.15) is 0 Å². The smallest absolute Gasteiger partial charge is 0.126 e. The van der Waals surface area contributed by atoms with Crippen LogP contribution in [-0.2, 0) is 0 Å². The van der Waals surface area contributed by atoms with E-state index in [1.54, 1.807) is 0 Å². The van der Waals surface area contributed by atoms with Gasteiger partial charge in [0.2, 0.25) is 0 Å². The van der Waals surface area contributed by atoms with E-state index in [2.05, 4.69) is 39.2 Å². The van der Waals surface area contributed by atoms with Crippen LogP contribution in [0.15, 0.2) is 16.7 Å². The highest BCUT2D eigenvalue weighted by Gasteiger charge is 2.19. The van der Waals surface area contributed by atoms with Crippen LogP contribution in [0.2, 0.25) is 0 Å². The maximum absolute atomic E-state index is 4.31. The average molecular weight is 269 g/mol. The largest absolute Gasteiger partial charge is 0.370 e. The Labute approximate surface area is 99.6 Å². The minimum absolute atomic E-state index is 0.992. The second kappa shape index (κ2) is 4.97. The first-order valence-corrected chi connectivity index (χ1v) is 6.41. The molecule has 1 aliphatic rings. The first-order chi connectivity index (χ1) is 7.25. The third-order valence-electron chi connectivity index (χ3n) is 2.84. The lowest BCUT2D eigenvalue weighted by atomic mass is 10.2. The van der Waals surface area contributed by atoms with Crippen LogP contribution >= 0.6 is 15.9 Å². The summed E-state index contributed by atoms with van der Waals surface area (Å²) in [5.74, 6) is 2.03. The number of aryl methyl sites for hydroxylation is 1. The topological polar surface area (TPSA) is 24.9 Å². The third kappa shape index (κ3) is 3.49. The first kappa shape index (κ1) is 10.9. The first-order valence-electron chi connectivity index (χ1n) is 5.62. The highest BCUT2D eigenvalue weighted by Crippen LogP contribution is 2.33. The van der Waals surface area contributed by atoms with Gasteiger partial charge < -0.3 is 5.32 Å². The predicted octanol–water partition coefficient (Wildman–Crippen LogP) is 3.75. The van der Waals surface area contributed by atoms with Crippen LogP contribution in [0.5, 0.6) is 0 Å². The second-order valence-electron chi connectivity index (χ2n) is 4.33. The lowest BCUT2D eigenvalue weighted by molar-refractivity contribution is 0.686. The SMILES string of the molecule is Cc1cc(NCCCC2CC2)ncc1Br. The van der Waals surface area contributed by atoms with Crippen molar-refractivity contribution >= 4 is 21.7 Å². The van der Waals surface area contributed by atoms with Gasteiger partial charge in [0.15, 0.2) is 0 Å². The molecule has 0 spiro atoms. The number of pyridine rings is 1. The number of halogens is 1. The molecule has 2 rings (SSSR count). The minimum Gasteiger partial charge on any atom is -0.370 e. The standard InChI is InChI=1S/C12H17BrN2/c1-9-7-12(15-8-11(9)13)14-6-2-3-10-4-5-10/h7-8,10H,2-6H2,1H3,(H,14,15). The maximum Gasteiger partial charge on any atom is 0.126 e. The quantitative estimate of drug-likeness (QED) is 0.823. The van der Waals surface area contributed by atoms with Crippen molar-refractivity contribution in [3.8, 4) is 0 Å². The van der Waals surface area contributed by atoms with E-state index in [4.69, 9.17) is 0 Å². The molecule has 1 heterocycles. The molecule has 0 atom stereocenters. The van der Waals surface area contributed by atoms with Crippen LogP contribution in [0.4, 0.5) is 5.82 Å². The van der Waals surface area contributed by atoms with Crippen molar-refractivity contribution in [1.82, 2.24) is 4.98 Å². The molecule has 0 amide bonds. The van der Waals surface area contributed by atoms with Crippen LogP contribution in [-0.4, -0.2) is 11.5 Å². The number of hydrogen-bond donors (Lipinski definition) is 1. The van der Waals surface area contributed by atoms with E-state index in [0.29, 0.717) is 0 Å². The van der Waals surface area contributed by atoms with Gasteiger partial charge in [0.1, 0.15) is 5.82 Å². The van der Waals surface area contributed by atoms with E-state index in [1.165, 1.54) is 31.2 Å². The molecule has 1 aliphatic carbocycles. The number of hydrogen-bond acceptors (Lipinski definition) is 2. The third-order valence-corrected chi connectivity index (χ3v) is 3.67. The molecule has 1 saturated carbocycles. The van der Waals surface area contributed by atoms with Gasteiger partial charge in [0, 0.05) is 17.2 Å². The molecule has 3 heteroatoms. The molecule has 1 aromatic rings. The van der Waals surface area contributed by atoms with Crippen molar-refractivity contribution in [3.63, 3.8) is 0 Å². The fourth-order valence-electron chi connectivity index (χ4n) is 1.65. The number of nitrogens with one attached hydrogen (secondary N) is 1. The summed E-state index contributed by atoms with van der Waals surface area (Å²) in [5.41, 5.74) is 1.23. The highest BCUT2D eigenvalue weighted by atomic mass is 79.9. The van der Waals surface area contributed by atoms with Gasteiger partial charge in [0.05, 0.1) is 0 Å². The van der Waals surface area contributed by atoms with E-state index in [1.807, 2.05) is 6.20 Å². The number of nitrogens with zero attached hydrogens (tertiary/aromatic N) is 1. The summed E-state index contributed by atoms with van der Waals surface area (Å²) < 4.78 is 1.08. The molecule has 0 aromatic carbocycles. The molecule has 1 aromatic heterocycles. The molecule has 1 N–H and O–H groups in total. The zero-order valence-corrected chi connectivity index (χ0v) is 10.7. The summed E-state index contributed by atoms with van der Waals surface area (Å²) in [6.45, 7) is 3.13. The Hall–Kier alpha value is -0.570. The molecule has 15 heavy (non-hydrogen) atoms. The molecule has 82 valence electrons. The van der Waals surface area contributed by atoms with Gasteiger partial charge >= 0.3 is 0 Å². The van der Waals surface area contributed by atoms with Crippen LogP contribution in [0.1, 0.15) is 31.2 Å². The van der Waals surface area contributed by atoms with E-state index >= 15 is 0 Å². The number of rotatable bonds is 5. The normalized spacial score (nSPS) is 15.3. The molecule has 1 fully saturated rings. The summed E-state index contributed by atoms with van der Waals surface area (Å²) in [7, 11) is 0. The Morgan fingerprint density at radius 2 is 2.33 bits per heavy atom. The van der Waals surface area contributed by atoms with Crippen LogP contribution < -0.4 is 5.32 Å². The molecule has 2 nitrogen and oxygen atoms in total. The molecule has 0 unspecified atom stereocenters. The molecule has 0 saturated heterocycles. The Kier molecular flexibility index (Phi) is 3.62. The number of aromatic nitrogens is 1. The van der Waals surface area contributed by atoms with Crippen LogP contribution in [0.25, 0.3) is 0 Å². The van der Waals surface area contributed by atoms with Crippen molar-refractivity contribution in [2.24, 2.45) is 5.92 Å². The van der Waals surface area contributed by atoms with E-state index < -0.39 is 0 Å². The molecular weight excluding hydrogens is 252 g/mol. The summed E-state index contributed by atoms with van der Waals surface area (Å²) in [5, 5.41) is 3.36. The van der Waals surface area contributed by atoms with Crippen molar-refractivity contribution in [2.45, 2.75) is 32.6 Å². The average Bonchev–Trinajstić information content (AvgIpc) is 3.02. The predicted molar refractivity (Wildman–Crippen MR) is 67.1 cm³/mol. The summed E-state index contributed by atoms with van der Waals surface area (Å²) >= 11 is 3.45. The molecule has 0 radical (unpaired) electrons. The number of anilines is 1. The zero-order valence-electron chi connectivity index (χ0n) is 9.09. The van der Waals surface area contributed by atoms with Crippen molar-refractivity contribution in [3.05, 3.63) is 22.3 Å². The van der Waals surface area contributed by atoms with Crippen LogP contribution in [0.3, 0.4) is 0 Å². The van der Waals surface area contributed by atoms with Crippen molar-refractivity contribution in [2.75, 3.05) is 11.9 Å². The Balaban J connectivity index is 1.74. The highest BCUT2D eigenvalue weighted by molar-refractivity contribution is 9.10. The zero-order chi connectivity index (χ0) is 10.7. The van der Waals surface area contributed by atoms with Gasteiger partial charge in [-0.15, -0.1) is 0 Å². The minimum atomic E-state index is 0.992. The summed E-state index contributed by atoms with van der Waals surface area (Å²) in [6, 6.07) is 2.08. The summed E-state index contributed by atoms with van der Waals surface area (Å²) in [4.78, 5) is 4.31. The Morgan fingerprint density at radius 3 is 3.00 bits per heavy atom. The van der Waals surface area contributed by atoms with Crippen LogP contribution in [0, 0.1) is 12.8 Å². The molecule has 0 aliphatic heterocycles. The summed E-state index contributed by atoms with van der Waals surface area (Å²) in [6.07, 6.45) is 7.41. The molecule has 0 bridgehead atoms.